The number of isothiocyanates is 2. The van der Waals surface area contributed by atoms with Gasteiger partial charge in [-0.25, -0.2) is 19.6 Å². The van der Waals surface area contributed by atoms with Gasteiger partial charge in [0.15, 0.2) is 0 Å². The number of thioether (sulfide) groups is 2. The number of carbonyl (C=O) groups is 2. The minimum absolute atomic E-state index is 0.161. The van der Waals surface area contributed by atoms with Crippen LogP contribution in [-0.2, 0) is 19.1 Å². The van der Waals surface area contributed by atoms with Gasteiger partial charge in [0, 0.05) is 0 Å². The lowest BCUT2D eigenvalue weighted by Crippen LogP contribution is -2.62. The van der Waals surface area contributed by atoms with Crippen LogP contribution < -0.4 is 0 Å². The SMILES string of the molecule is COC(=O)[C@@](CCSC)(N=C=S)[C@](CCSC)(N=C=S)C(=O)OC. The summed E-state index contributed by atoms with van der Waals surface area (Å²) in [5.41, 5.74) is -3.41. The van der Waals surface area contributed by atoms with Crippen LogP contribution in [0.4, 0.5) is 0 Å². The summed E-state index contributed by atoms with van der Waals surface area (Å²) in [7, 11) is 2.43. The third kappa shape index (κ3) is 4.88. The lowest BCUT2D eigenvalue weighted by Gasteiger charge is -2.39. The molecule has 0 unspecified atom stereocenters. The third-order valence-electron chi connectivity index (χ3n) is 3.54. The topological polar surface area (TPSA) is 77.3 Å². The molecule has 6 nitrogen and oxygen atoms in total. The van der Waals surface area contributed by atoms with E-state index in [0.29, 0.717) is 11.5 Å². The maximum atomic E-state index is 12.7. The van der Waals surface area contributed by atoms with Crippen molar-refractivity contribution in [3.8, 4) is 0 Å². The van der Waals surface area contributed by atoms with E-state index >= 15 is 0 Å². The quantitative estimate of drug-likeness (QED) is 0.293. The van der Waals surface area contributed by atoms with E-state index in [1.54, 1.807) is 0 Å². The van der Waals surface area contributed by atoms with E-state index in [9.17, 15) is 9.59 Å². The summed E-state index contributed by atoms with van der Waals surface area (Å²) in [5.74, 6) is -0.454. The Labute approximate surface area is 161 Å². The number of methoxy groups -OCH3 is 2. The van der Waals surface area contributed by atoms with E-state index in [1.807, 2.05) is 12.5 Å². The Hall–Kier alpha value is -0.760. The van der Waals surface area contributed by atoms with Crippen LogP contribution in [0.5, 0.6) is 0 Å². The number of hydrogen-bond donors (Lipinski definition) is 0. The van der Waals surface area contributed by atoms with E-state index in [4.69, 9.17) is 33.9 Å². The van der Waals surface area contributed by atoms with E-state index in [0.717, 1.165) is 0 Å². The van der Waals surface area contributed by atoms with Crippen LogP contribution in [0.2, 0.25) is 0 Å². The predicted molar refractivity (Wildman–Crippen MR) is 106 cm³/mol. The van der Waals surface area contributed by atoms with E-state index in [-0.39, 0.29) is 12.8 Å². The minimum Gasteiger partial charge on any atom is -0.467 e. The average Bonchev–Trinajstić information content (AvgIpc) is 2.60. The first-order chi connectivity index (χ1) is 11.5. The smallest absolute Gasteiger partial charge is 0.337 e. The Morgan fingerprint density at radius 3 is 1.46 bits per heavy atom. The maximum Gasteiger partial charge on any atom is 0.337 e. The first kappa shape index (κ1) is 23.2. The molecular weight excluding hydrogens is 388 g/mol. The van der Waals surface area contributed by atoms with Crippen LogP contribution in [0.25, 0.3) is 0 Å². The zero-order chi connectivity index (χ0) is 18.6. The third-order valence-corrected chi connectivity index (χ3v) is 4.95. The van der Waals surface area contributed by atoms with Gasteiger partial charge in [0.2, 0.25) is 11.1 Å². The second-order valence-corrected chi connectivity index (χ2v) is 6.93. The van der Waals surface area contributed by atoms with Gasteiger partial charge in [-0.05, 0) is 61.3 Å². The molecule has 0 radical (unpaired) electrons. The largest absolute Gasteiger partial charge is 0.467 e. The normalized spacial score (nSPS) is 15.0. The van der Waals surface area contributed by atoms with Gasteiger partial charge < -0.3 is 9.47 Å². The number of nitrogens with zero attached hydrogens (tertiary/aromatic N) is 2. The number of aliphatic imine (C=N–C) groups is 2. The van der Waals surface area contributed by atoms with Crippen molar-refractivity contribution in [2.75, 3.05) is 38.2 Å². The maximum absolute atomic E-state index is 12.7. The number of thiocarbonyl (C=S) groups is 2. The van der Waals surface area contributed by atoms with Crippen LogP contribution in [0.1, 0.15) is 12.8 Å². The molecule has 2 atom stereocenters. The van der Waals surface area contributed by atoms with E-state index < -0.39 is 23.0 Å². The molecule has 0 rings (SSSR count). The minimum atomic E-state index is -1.71. The molecule has 0 aromatic heterocycles. The Balaban J connectivity index is 6.70. The molecule has 134 valence electrons. The number of rotatable bonds is 11. The first-order valence-electron chi connectivity index (χ1n) is 6.79. The lowest BCUT2D eigenvalue weighted by molar-refractivity contribution is -0.161. The van der Waals surface area contributed by atoms with Crippen molar-refractivity contribution in [1.29, 1.82) is 0 Å². The van der Waals surface area contributed by atoms with Crippen molar-refractivity contribution >= 4 is 70.2 Å². The number of esters is 2. The van der Waals surface area contributed by atoms with Gasteiger partial charge in [-0.1, -0.05) is 0 Å². The molecule has 0 aliphatic heterocycles. The van der Waals surface area contributed by atoms with E-state index in [2.05, 4.69) is 20.3 Å². The highest BCUT2D eigenvalue weighted by atomic mass is 32.2. The zero-order valence-corrected chi connectivity index (χ0v) is 17.3. The van der Waals surface area contributed by atoms with Crippen molar-refractivity contribution in [3.63, 3.8) is 0 Å². The highest BCUT2D eigenvalue weighted by Gasteiger charge is 2.63. The molecule has 10 heteroatoms. The Morgan fingerprint density at radius 2 is 1.25 bits per heavy atom. The molecule has 0 heterocycles. The van der Waals surface area contributed by atoms with Crippen LogP contribution in [-0.4, -0.2) is 71.6 Å². The Kier molecular flexibility index (Phi) is 11.4. The molecular formula is C14H20N2O4S4. The van der Waals surface area contributed by atoms with Gasteiger partial charge in [0.05, 0.1) is 24.5 Å². The molecule has 0 aliphatic carbocycles. The summed E-state index contributed by atoms with van der Waals surface area (Å²) in [4.78, 5) is 33.5. The molecule has 0 N–H and O–H groups in total. The molecule has 0 aromatic carbocycles. The molecule has 0 saturated heterocycles. The second-order valence-electron chi connectivity index (χ2n) is 4.60. The fourth-order valence-corrected chi connectivity index (χ4v) is 3.65. The number of ether oxygens (including phenoxy) is 2. The summed E-state index contributed by atoms with van der Waals surface area (Å²) in [6, 6.07) is 0. The summed E-state index contributed by atoms with van der Waals surface area (Å²) in [6.07, 6.45) is 4.06. The van der Waals surface area contributed by atoms with Gasteiger partial charge >= 0.3 is 11.9 Å². The molecule has 0 saturated carbocycles. The van der Waals surface area contributed by atoms with Crippen molar-refractivity contribution in [2.45, 2.75) is 23.9 Å². The monoisotopic (exact) mass is 408 g/mol. The van der Waals surface area contributed by atoms with Gasteiger partial charge in [-0.2, -0.15) is 23.5 Å². The van der Waals surface area contributed by atoms with Crippen LogP contribution in [0.3, 0.4) is 0 Å². The van der Waals surface area contributed by atoms with Gasteiger partial charge in [-0.3, -0.25) is 0 Å². The summed E-state index contributed by atoms with van der Waals surface area (Å²) < 4.78 is 9.86. The molecule has 0 aromatic rings. The lowest BCUT2D eigenvalue weighted by atomic mass is 9.73. The Morgan fingerprint density at radius 1 is 0.917 bits per heavy atom. The van der Waals surface area contributed by atoms with Crippen molar-refractivity contribution in [3.05, 3.63) is 0 Å². The van der Waals surface area contributed by atoms with Crippen LogP contribution in [0.15, 0.2) is 9.98 Å². The van der Waals surface area contributed by atoms with E-state index in [1.165, 1.54) is 37.7 Å². The fraction of sp³-hybridized carbons (Fsp3) is 0.714. The zero-order valence-electron chi connectivity index (χ0n) is 14.0. The van der Waals surface area contributed by atoms with Crippen molar-refractivity contribution in [2.24, 2.45) is 9.98 Å². The first-order valence-corrected chi connectivity index (χ1v) is 10.4. The average molecular weight is 409 g/mol. The van der Waals surface area contributed by atoms with Gasteiger partial charge in [0.1, 0.15) is 0 Å². The highest BCUT2D eigenvalue weighted by Crippen LogP contribution is 2.40. The fourth-order valence-electron chi connectivity index (χ4n) is 2.34. The molecule has 0 spiro atoms. The highest BCUT2D eigenvalue weighted by molar-refractivity contribution is 7.98. The van der Waals surface area contributed by atoms with Gasteiger partial charge in [0.25, 0.3) is 0 Å². The van der Waals surface area contributed by atoms with Crippen LogP contribution in [0, 0.1) is 0 Å². The van der Waals surface area contributed by atoms with Crippen molar-refractivity contribution in [1.82, 2.24) is 0 Å². The van der Waals surface area contributed by atoms with Crippen molar-refractivity contribution < 1.29 is 19.1 Å². The summed E-state index contributed by atoms with van der Waals surface area (Å²) in [5, 5.41) is 4.43. The number of carbonyl (C=O) groups excluding carboxylic acids is 2. The van der Waals surface area contributed by atoms with Crippen LogP contribution >= 0.6 is 48.0 Å². The molecule has 0 aliphatic rings. The van der Waals surface area contributed by atoms with Gasteiger partial charge in [-0.15, -0.1) is 0 Å². The molecule has 24 heavy (non-hydrogen) atoms. The molecule has 0 bridgehead atoms. The Bertz CT molecular complexity index is 499. The predicted octanol–water partition coefficient (Wildman–Crippen LogP) is 2.52. The molecule has 0 fully saturated rings. The number of hydrogen-bond acceptors (Lipinski definition) is 10. The molecule has 0 amide bonds. The summed E-state index contributed by atoms with van der Waals surface area (Å²) in [6.45, 7) is 0. The second kappa shape index (κ2) is 11.7. The standard InChI is InChI=1S/C14H20N2O4S4/c1-19-11(17)13(15-9-21,5-7-23-3)14(16-10-22,6-8-24-4)12(18)20-2/h5-8H2,1-4H3/t13-,14-/m1/s1. The summed E-state index contributed by atoms with van der Waals surface area (Å²) >= 11 is 12.4.